The Hall–Kier alpha value is -0.940. The van der Waals surface area contributed by atoms with Crippen molar-refractivity contribution < 1.29 is 13.2 Å². The SMILES string of the molecule is NC1CCC(Nc2cc(C(F)(F)F)ccc2Cl)CC1. The summed E-state index contributed by atoms with van der Waals surface area (Å²) in [4.78, 5) is 0. The highest BCUT2D eigenvalue weighted by Gasteiger charge is 2.31. The first-order valence-corrected chi connectivity index (χ1v) is 6.63. The van der Waals surface area contributed by atoms with Crippen molar-refractivity contribution in [1.82, 2.24) is 0 Å². The van der Waals surface area contributed by atoms with E-state index in [2.05, 4.69) is 5.32 Å². The van der Waals surface area contributed by atoms with Crippen molar-refractivity contribution in [1.29, 1.82) is 0 Å². The molecule has 1 aliphatic rings. The van der Waals surface area contributed by atoms with E-state index in [1.807, 2.05) is 0 Å². The van der Waals surface area contributed by atoms with Gasteiger partial charge in [-0.25, -0.2) is 0 Å². The number of halogens is 4. The summed E-state index contributed by atoms with van der Waals surface area (Å²) in [5, 5.41) is 3.40. The van der Waals surface area contributed by atoms with Crippen molar-refractivity contribution in [3.8, 4) is 0 Å². The summed E-state index contributed by atoms with van der Waals surface area (Å²) >= 11 is 5.94. The molecule has 0 atom stereocenters. The highest BCUT2D eigenvalue weighted by molar-refractivity contribution is 6.33. The van der Waals surface area contributed by atoms with Crippen molar-refractivity contribution in [2.75, 3.05) is 5.32 Å². The van der Waals surface area contributed by atoms with Crippen LogP contribution in [-0.4, -0.2) is 12.1 Å². The molecular weight excluding hydrogens is 277 g/mol. The first-order chi connectivity index (χ1) is 8.86. The molecule has 0 unspecified atom stereocenters. The summed E-state index contributed by atoms with van der Waals surface area (Å²) in [7, 11) is 0. The quantitative estimate of drug-likeness (QED) is 0.863. The van der Waals surface area contributed by atoms with Crippen molar-refractivity contribution in [2.45, 2.75) is 43.9 Å². The zero-order valence-electron chi connectivity index (χ0n) is 10.3. The second kappa shape index (κ2) is 5.59. The Morgan fingerprint density at radius 2 is 1.79 bits per heavy atom. The lowest BCUT2D eigenvalue weighted by atomic mass is 9.91. The number of alkyl halides is 3. The zero-order chi connectivity index (χ0) is 14.0. The highest BCUT2D eigenvalue weighted by atomic mass is 35.5. The van der Waals surface area contributed by atoms with Crippen LogP contribution in [0.3, 0.4) is 0 Å². The summed E-state index contributed by atoms with van der Waals surface area (Å²) in [6.45, 7) is 0. The van der Waals surface area contributed by atoms with E-state index in [4.69, 9.17) is 17.3 Å². The molecule has 1 saturated carbocycles. The third-order valence-electron chi connectivity index (χ3n) is 3.43. The average molecular weight is 293 g/mol. The monoisotopic (exact) mass is 292 g/mol. The van der Waals surface area contributed by atoms with Crippen molar-refractivity contribution in [3.05, 3.63) is 28.8 Å². The molecular formula is C13H16ClF3N2. The fourth-order valence-electron chi connectivity index (χ4n) is 2.30. The standard InChI is InChI=1S/C13H16ClF3N2/c14-11-6-1-8(13(15,16)17)7-12(11)19-10-4-2-9(18)3-5-10/h1,6-7,9-10,19H,2-5,18H2. The summed E-state index contributed by atoms with van der Waals surface area (Å²) in [6.07, 6.45) is -0.875. The molecule has 2 rings (SSSR count). The van der Waals surface area contributed by atoms with Gasteiger partial charge in [0.25, 0.3) is 0 Å². The molecule has 0 aliphatic heterocycles. The lowest BCUT2D eigenvalue weighted by molar-refractivity contribution is -0.137. The fraction of sp³-hybridized carbons (Fsp3) is 0.538. The van der Waals surface area contributed by atoms with Gasteiger partial charge in [0, 0.05) is 12.1 Å². The van der Waals surface area contributed by atoms with Crippen molar-refractivity contribution in [2.24, 2.45) is 5.73 Å². The van der Waals surface area contributed by atoms with Crippen LogP contribution in [0.5, 0.6) is 0 Å². The minimum Gasteiger partial charge on any atom is -0.381 e. The first kappa shape index (κ1) is 14.5. The van der Waals surface area contributed by atoms with E-state index in [9.17, 15) is 13.2 Å². The molecule has 1 aliphatic carbocycles. The molecule has 0 bridgehead atoms. The second-order valence-corrected chi connectivity index (χ2v) is 5.36. The van der Waals surface area contributed by atoms with Crippen LogP contribution >= 0.6 is 11.6 Å². The predicted molar refractivity (Wildman–Crippen MR) is 70.3 cm³/mol. The van der Waals surface area contributed by atoms with E-state index < -0.39 is 11.7 Å². The summed E-state index contributed by atoms with van der Waals surface area (Å²) in [5.41, 5.74) is 5.46. The molecule has 0 spiro atoms. The molecule has 0 radical (unpaired) electrons. The largest absolute Gasteiger partial charge is 0.416 e. The van der Waals surface area contributed by atoms with Gasteiger partial charge in [-0.1, -0.05) is 11.6 Å². The summed E-state index contributed by atoms with van der Waals surface area (Å²) in [6, 6.07) is 3.68. The van der Waals surface area contributed by atoms with E-state index in [1.165, 1.54) is 6.07 Å². The van der Waals surface area contributed by atoms with E-state index in [-0.39, 0.29) is 12.1 Å². The molecule has 106 valence electrons. The summed E-state index contributed by atoms with van der Waals surface area (Å²) in [5.74, 6) is 0. The third-order valence-corrected chi connectivity index (χ3v) is 3.75. The van der Waals surface area contributed by atoms with Gasteiger partial charge in [0.05, 0.1) is 16.3 Å². The Morgan fingerprint density at radius 1 is 1.16 bits per heavy atom. The van der Waals surface area contributed by atoms with E-state index in [0.29, 0.717) is 10.7 Å². The Morgan fingerprint density at radius 3 is 2.37 bits per heavy atom. The zero-order valence-corrected chi connectivity index (χ0v) is 11.1. The first-order valence-electron chi connectivity index (χ1n) is 6.25. The Bertz CT molecular complexity index is 440. The van der Waals surface area contributed by atoms with Crippen LogP contribution < -0.4 is 11.1 Å². The highest BCUT2D eigenvalue weighted by Crippen LogP contribution is 2.34. The van der Waals surface area contributed by atoms with Crippen LogP contribution in [0.1, 0.15) is 31.2 Å². The number of hydrogen-bond donors (Lipinski definition) is 2. The normalized spacial score (nSPS) is 24.3. The van der Waals surface area contributed by atoms with Crippen LogP contribution in [0.4, 0.5) is 18.9 Å². The molecule has 1 fully saturated rings. The number of anilines is 1. The maximum Gasteiger partial charge on any atom is 0.416 e. The molecule has 0 saturated heterocycles. The molecule has 19 heavy (non-hydrogen) atoms. The van der Waals surface area contributed by atoms with Gasteiger partial charge in [-0.2, -0.15) is 13.2 Å². The number of nitrogens with one attached hydrogen (secondary N) is 1. The molecule has 0 aromatic heterocycles. The van der Waals surface area contributed by atoms with Crippen molar-refractivity contribution in [3.63, 3.8) is 0 Å². The minimum atomic E-state index is -4.35. The maximum atomic E-state index is 12.6. The molecule has 0 amide bonds. The molecule has 2 nitrogen and oxygen atoms in total. The van der Waals surface area contributed by atoms with Crippen LogP contribution in [-0.2, 0) is 6.18 Å². The molecule has 1 aromatic rings. The van der Waals surface area contributed by atoms with E-state index in [1.54, 1.807) is 0 Å². The van der Waals surface area contributed by atoms with Crippen LogP contribution in [0.15, 0.2) is 18.2 Å². The lowest BCUT2D eigenvalue weighted by Crippen LogP contribution is -2.32. The number of nitrogens with two attached hydrogens (primary N) is 1. The van der Waals surface area contributed by atoms with E-state index >= 15 is 0 Å². The van der Waals surface area contributed by atoms with Gasteiger partial charge in [-0.15, -0.1) is 0 Å². The second-order valence-electron chi connectivity index (χ2n) is 4.95. The summed E-state index contributed by atoms with van der Waals surface area (Å²) < 4.78 is 37.9. The van der Waals surface area contributed by atoms with Crippen LogP contribution in [0.2, 0.25) is 5.02 Å². The van der Waals surface area contributed by atoms with Gasteiger partial charge in [0.15, 0.2) is 0 Å². The number of rotatable bonds is 2. The third kappa shape index (κ3) is 3.76. The van der Waals surface area contributed by atoms with Gasteiger partial charge >= 0.3 is 6.18 Å². The fourth-order valence-corrected chi connectivity index (χ4v) is 2.47. The topological polar surface area (TPSA) is 38.0 Å². The van der Waals surface area contributed by atoms with Gasteiger partial charge in [0.2, 0.25) is 0 Å². The maximum absolute atomic E-state index is 12.6. The molecule has 3 N–H and O–H groups in total. The van der Waals surface area contributed by atoms with Crippen molar-refractivity contribution >= 4 is 17.3 Å². The Labute approximate surface area is 115 Å². The Balaban J connectivity index is 2.11. The minimum absolute atomic E-state index is 0.140. The lowest BCUT2D eigenvalue weighted by Gasteiger charge is -2.28. The molecule has 1 aromatic carbocycles. The molecule has 0 heterocycles. The number of hydrogen-bond acceptors (Lipinski definition) is 2. The molecule has 6 heteroatoms. The smallest absolute Gasteiger partial charge is 0.381 e. The van der Waals surface area contributed by atoms with E-state index in [0.717, 1.165) is 37.8 Å². The Kier molecular flexibility index (Phi) is 4.26. The van der Waals surface area contributed by atoms with Gasteiger partial charge in [0.1, 0.15) is 0 Å². The average Bonchev–Trinajstić information content (AvgIpc) is 2.33. The number of benzene rings is 1. The van der Waals surface area contributed by atoms with Crippen LogP contribution in [0.25, 0.3) is 0 Å². The van der Waals surface area contributed by atoms with Gasteiger partial charge in [-0.05, 0) is 43.9 Å². The van der Waals surface area contributed by atoms with Gasteiger partial charge < -0.3 is 11.1 Å². The van der Waals surface area contributed by atoms with Gasteiger partial charge in [-0.3, -0.25) is 0 Å². The van der Waals surface area contributed by atoms with Crippen LogP contribution in [0, 0.1) is 0 Å². The predicted octanol–water partition coefficient (Wildman–Crippen LogP) is 4.04.